The third-order valence-electron chi connectivity index (χ3n) is 4.59. The molecule has 0 aliphatic carbocycles. The molecule has 2 nitrogen and oxygen atoms in total. The van der Waals surface area contributed by atoms with Crippen LogP contribution < -0.4 is 0 Å². The van der Waals surface area contributed by atoms with E-state index in [9.17, 15) is 5.26 Å². The zero-order valence-corrected chi connectivity index (χ0v) is 15.0. The van der Waals surface area contributed by atoms with Crippen LogP contribution in [0.4, 0.5) is 0 Å². The molecule has 0 unspecified atom stereocenters. The van der Waals surface area contributed by atoms with E-state index in [1.165, 1.54) is 16.9 Å². The number of hydrogen-bond acceptors (Lipinski definition) is 1. The minimum Gasteiger partial charge on any atom is -0.318 e. The lowest BCUT2D eigenvalue weighted by Crippen LogP contribution is -2.02. The van der Waals surface area contributed by atoms with Crippen molar-refractivity contribution in [3.05, 3.63) is 88.7 Å². The van der Waals surface area contributed by atoms with E-state index >= 15 is 0 Å². The normalized spacial score (nSPS) is 11.4. The van der Waals surface area contributed by atoms with E-state index in [0.717, 1.165) is 23.2 Å². The van der Waals surface area contributed by atoms with E-state index in [1.54, 1.807) is 0 Å². The molecular weight excluding hydrogens is 304 g/mol. The molecule has 0 saturated heterocycles. The van der Waals surface area contributed by atoms with Crippen LogP contribution in [0.2, 0.25) is 0 Å². The number of aromatic nitrogens is 1. The van der Waals surface area contributed by atoms with Crippen LogP contribution in [0.15, 0.2) is 60.7 Å². The summed E-state index contributed by atoms with van der Waals surface area (Å²) in [4.78, 5) is 0. The van der Waals surface area contributed by atoms with E-state index in [4.69, 9.17) is 0 Å². The van der Waals surface area contributed by atoms with Gasteiger partial charge in [0.15, 0.2) is 0 Å². The maximum atomic E-state index is 9.58. The van der Waals surface area contributed by atoms with E-state index in [-0.39, 0.29) is 0 Å². The average Bonchev–Trinajstić information content (AvgIpc) is 2.93. The molecule has 0 amide bonds. The molecule has 0 aliphatic heterocycles. The van der Waals surface area contributed by atoms with E-state index in [0.29, 0.717) is 5.57 Å². The lowest BCUT2D eigenvalue weighted by atomic mass is 10.0. The maximum Gasteiger partial charge on any atom is 0.0998 e. The van der Waals surface area contributed by atoms with Gasteiger partial charge in [0.1, 0.15) is 0 Å². The number of hydrogen-bond donors (Lipinski definition) is 0. The van der Waals surface area contributed by atoms with Crippen LogP contribution >= 0.6 is 0 Å². The Morgan fingerprint density at radius 1 is 1.04 bits per heavy atom. The molecule has 0 aliphatic rings. The van der Waals surface area contributed by atoms with Crippen LogP contribution in [0.3, 0.4) is 0 Å². The molecule has 0 fully saturated rings. The molecular formula is C23H22N2. The summed E-state index contributed by atoms with van der Waals surface area (Å²) < 4.78 is 2.28. The summed E-state index contributed by atoms with van der Waals surface area (Å²) in [7, 11) is 0. The molecule has 2 heteroatoms. The quantitative estimate of drug-likeness (QED) is 0.564. The second-order valence-electron chi connectivity index (χ2n) is 6.18. The van der Waals surface area contributed by atoms with Gasteiger partial charge in [-0.15, -0.1) is 0 Å². The van der Waals surface area contributed by atoms with Crippen molar-refractivity contribution in [2.45, 2.75) is 27.2 Å². The van der Waals surface area contributed by atoms with Gasteiger partial charge in [0.25, 0.3) is 0 Å². The Bertz CT molecular complexity index is 954. The van der Waals surface area contributed by atoms with Gasteiger partial charge in [0, 0.05) is 17.1 Å². The highest BCUT2D eigenvalue weighted by molar-refractivity contribution is 5.90. The first-order valence-corrected chi connectivity index (χ1v) is 8.60. The Morgan fingerprint density at radius 3 is 2.40 bits per heavy atom. The highest BCUT2D eigenvalue weighted by atomic mass is 15.0. The van der Waals surface area contributed by atoms with Crippen LogP contribution in [0.1, 0.15) is 35.0 Å². The Balaban J connectivity index is 2.12. The van der Waals surface area contributed by atoms with Crippen molar-refractivity contribution in [1.29, 1.82) is 5.26 Å². The van der Waals surface area contributed by atoms with Crippen LogP contribution in [-0.4, -0.2) is 4.57 Å². The fraction of sp³-hybridized carbons (Fsp3) is 0.174. The van der Waals surface area contributed by atoms with Crippen molar-refractivity contribution in [3.8, 4) is 11.8 Å². The monoisotopic (exact) mass is 326 g/mol. The van der Waals surface area contributed by atoms with Gasteiger partial charge in [-0.25, -0.2) is 0 Å². The third kappa shape index (κ3) is 3.27. The van der Waals surface area contributed by atoms with Gasteiger partial charge in [-0.1, -0.05) is 55.5 Å². The zero-order valence-electron chi connectivity index (χ0n) is 15.0. The van der Waals surface area contributed by atoms with Crippen molar-refractivity contribution in [2.75, 3.05) is 0 Å². The van der Waals surface area contributed by atoms with Crippen molar-refractivity contribution in [1.82, 2.24) is 4.57 Å². The van der Waals surface area contributed by atoms with Gasteiger partial charge in [-0.3, -0.25) is 0 Å². The van der Waals surface area contributed by atoms with Crippen molar-refractivity contribution in [3.63, 3.8) is 0 Å². The van der Waals surface area contributed by atoms with Crippen LogP contribution in [-0.2, 0) is 6.42 Å². The molecule has 0 atom stereocenters. The van der Waals surface area contributed by atoms with Gasteiger partial charge >= 0.3 is 0 Å². The van der Waals surface area contributed by atoms with Crippen molar-refractivity contribution < 1.29 is 0 Å². The van der Waals surface area contributed by atoms with Crippen LogP contribution in [0, 0.1) is 25.2 Å². The summed E-state index contributed by atoms with van der Waals surface area (Å²) in [5.41, 5.74) is 7.59. The first kappa shape index (κ1) is 16.8. The zero-order chi connectivity index (χ0) is 17.8. The fourth-order valence-electron chi connectivity index (χ4n) is 3.29. The molecule has 25 heavy (non-hydrogen) atoms. The number of para-hydroxylation sites is 1. The molecule has 1 aromatic heterocycles. The van der Waals surface area contributed by atoms with E-state index < -0.39 is 0 Å². The molecule has 0 bridgehead atoms. The topological polar surface area (TPSA) is 28.7 Å². The summed E-state index contributed by atoms with van der Waals surface area (Å²) in [5, 5.41) is 9.58. The minimum atomic E-state index is 0.685. The van der Waals surface area contributed by atoms with Crippen molar-refractivity contribution >= 4 is 11.6 Å². The standard InChI is InChI=1S/C23H22N2/c1-4-19-10-8-9-13-23(19)25-17(2)14-21(18(25)3)15-22(16-24)20-11-6-5-7-12-20/h5-15H,4H2,1-3H3/b22-15+. The lowest BCUT2D eigenvalue weighted by molar-refractivity contribution is 0.936. The molecule has 2 aromatic carbocycles. The largest absolute Gasteiger partial charge is 0.318 e. The number of benzene rings is 2. The van der Waals surface area contributed by atoms with E-state index in [2.05, 4.69) is 61.7 Å². The molecule has 0 spiro atoms. The Hall–Kier alpha value is -3.05. The highest BCUT2D eigenvalue weighted by Gasteiger charge is 2.12. The van der Waals surface area contributed by atoms with Gasteiger partial charge < -0.3 is 4.57 Å². The number of nitriles is 1. The fourth-order valence-corrected chi connectivity index (χ4v) is 3.29. The minimum absolute atomic E-state index is 0.685. The molecule has 3 aromatic rings. The van der Waals surface area contributed by atoms with Gasteiger partial charge in [0.05, 0.1) is 11.6 Å². The summed E-state index contributed by atoms with van der Waals surface area (Å²) in [5.74, 6) is 0. The van der Waals surface area contributed by atoms with Gasteiger partial charge in [0.2, 0.25) is 0 Å². The second-order valence-corrected chi connectivity index (χ2v) is 6.18. The maximum absolute atomic E-state index is 9.58. The Morgan fingerprint density at radius 2 is 1.72 bits per heavy atom. The molecule has 1 heterocycles. The highest BCUT2D eigenvalue weighted by Crippen LogP contribution is 2.27. The Labute approximate surface area is 149 Å². The number of rotatable bonds is 4. The molecule has 0 saturated carbocycles. The second kappa shape index (κ2) is 7.23. The van der Waals surface area contributed by atoms with Crippen LogP contribution in [0.25, 0.3) is 17.3 Å². The summed E-state index contributed by atoms with van der Waals surface area (Å²) in [6, 6.07) is 22.8. The van der Waals surface area contributed by atoms with Gasteiger partial charge in [-0.05, 0) is 55.2 Å². The Kier molecular flexibility index (Phi) is 4.86. The summed E-state index contributed by atoms with van der Waals surface area (Å²) in [6.07, 6.45) is 2.98. The molecule has 3 rings (SSSR count). The lowest BCUT2D eigenvalue weighted by Gasteiger charge is -2.14. The molecule has 0 N–H and O–H groups in total. The number of nitrogens with zero attached hydrogens (tertiary/aromatic N) is 2. The predicted molar refractivity (Wildman–Crippen MR) is 105 cm³/mol. The summed E-state index contributed by atoms with van der Waals surface area (Å²) >= 11 is 0. The number of aryl methyl sites for hydroxylation is 2. The SMILES string of the molecule is CCc1ccccc1-n1c(C)cc(/C=C(\C#N)c2ccccc2)c1C. The smallest absolute Gasteiger partial charge is 0.0998 e. The first-order chi connectivity index (χ1) is 12.2. The van der Waals surface area contributed by atoms with Crippen molar-refractivity contribution in [2.24, 2.45) is 0 Å². The first-order valence-electron chi connectivity index (χ1n) is 8.60. The predicted octanol–water partition coefficient (Wildman–Crippen LogP) is 5.72. The van der Waals surface area contributed by atoms with Gasteiger partial charge in [-0.2, -0.15) is 5.26 Å². The molecule has 0 radical (unpaired) electrons. The third-order valence-corrected chi connectivity index (χ3v) is 4.59. The van der Waals surface area contributed by atoms with Crippen LogP contribution in [0.5, 0.6) is 0 Å². The average molecular weight is 326 g/mol. The number of allylic oxidation sites excluding steroid dienone is 1. The van der Waals surface area contributed by atoms with E-state index in [1.807, 2.05) is 36.4 Å². The molecule has 124 valence electrons. The summed E-state index contributed by atoms with van der Waals surface area (Å²) in [6.45, 7) is 6.41.